The third-order valence-electron chi connectivity index (χ3n) is 4.53. The van der Waals surface area contributed by atoms with Gasteiger partial charge >= 0.3 is 13.1 Å². The number of carbonyl (C=O) groups is 1. The van der Waals surface area contributed by atoms with Crippen LogP contribution < -0.4 is 5.46 Å². The lowest BCUT2D eigenvalue weighted by Crippen LogP contribution is -2.41. The van der Waals surface area contributed by atoms with Crippen molar-refractivity contribution >= 4 is 18.6 Å². The van der Waals surface area contributed by atoms with Crippen LogP contribution in [0.15, 0.2) is 12.1 Å². The van der Waals surface area contributed by atoms with Crippen molar-refractivity contribution in [1.82, 2.24) is 0 Å². The summed E-state index contributed by atoms with van der Waals surface area (Å²) in [5, 5.41) is 0. The fraction of sp³-hybridized carbons (Fsp3) is 0.471. The van der Waals surface area contributed by atoms with Gasteiger partial charge in [0.1, 0.15) is 0 Å². The SMILES string of the molecule is C#Cc1cc(B2OC(C)(C)C(C)(C)O2)c(C)c(C(=O)OC)c1. The summed E-state index contributed by atoms with van der Waals surface area (Å²) in [6.07, 6.45) is 5.50. The van der Waals surface area contributed by atoms with Crippen LogP contribution in [0.1, 0.15) is 49.2 Å². The van der Waals surface area contributed by atoms with Gasteiger partial charge in [-0.3, -0.25) is 0 Å². The molecule has 1 aliphatic rings. The number of benzene rings is 1. The molecule has 1 fully saturated rings. The molecule has 5 heteroatoms. The van der Waals surface area contributed by atoms with E-state index in [4.69, 9.17) is 20.5 Å². The van der Waals surface area contributed by atoms with E-state index in [0.29, 0.717) is 11.1 Å². The molecule has 0 N–H and O–H groups in total. The number of carbonyl (C=O) groups excluding carboxylic acids is 1. The molecule has 0 spiro atoms. The molecule has 2 rings (SSSR count). The van der Waals surface area contributed by atoms with Crippen LogP contribution in [0.2, 0.25) is 0 Å². The minimum absolute atomic E-state index is 0.424. The molecule has 4 nitrogen and oxygen atoms in total. The van der Waals surface area contributed by atoms with Crippen molar-refractivity contribution in [3.05, 3.63) is 28.8 Å². The Hall–Kier alpha value is -1.77. The molecule has 1 aliphatic heterocycles. The third-order valence-corrected chi connectivity index (χ3v) is 4.53. The molecule has 0 unspecified atom stereocenters. The van der Waals surface area contributed by atoms with Gasteiger partial charge in [0.15, 0.2) is 0 Å². The quantitative estimate of drug-likeness (QED) is 0.476. The summed E-state index contributed by atoms with van der Waals surface area (Å²) in [6, 6.07) is 3.47. The third kappa shape index (κ3) is 2.65. The van der Waals surface area contributed by atoms with Crippen LogP contribution in [0.5, 0.6) is 0 Å². The number of ether oxygens (including phenoxy) is 1. The van der Waals surface area contributed by atoms with Gasteiger partial charge in [0, 0.05) is 5.56 Å². The molecule has 0 aromatic heterocycles. The predicted molar refractivity (Wildman–Crippen MR) is 86.2 cm³/mol. The average Bonchev–Trinajstić information content (AvgIpc) is 2.66. The molecule has 1 heterocycles. The van der Waals surface area contributed by atoms with Crippen LogP contribution in [0, 0.1) is 19.3 Å². The number of hydrogen-bond acceptors (Lipinski definition) is 4. The first-order chi connectivity index (χ1) is 10.1. The van der Waals surface area contributed by atoms with Gasteiger partial charge in [0.2, 0.25) is 0 Å². The van der Waals surface area contributed by atoms with Crippen molar-refractivity contribution < 1.29 is 18.8 Å². The maximum atomic E-state index is 12.0. The Kier molecular flexibility index (Phi) is 4.12. The zero-order valence-corrected chi connectivity index (χ0v) is 13.9. The molecule has 0 radical (unpaired) electrons. The Morgan fingerprint density at radius 3 is 2.23 bits per heavy atom. The van der Waals surface area contributed by atoms with E-state index in [0.717, 1.165) is 11.0 Å². The Balaban J connectivity index is 2.53. The topological polar surface area (TPSA) is 44.8 Å². The van der Waals surface area contributed by atoms with Crippen molar-refractivity contribution in [1.29, 1.82) is 0 Å². The van der Waals surface area contributed by atoms with Crippen molar-refractivity contribution in [3.63, 3.8) is 0 Å². The zero-order chi connectivity index (χ0) is 16.7. The summed E-state index contributed by atoms with van der Waals surface area (Å²) in [5.74, 6) is 2.14. The first-order valence-corrected chi connectivity index (χ1v) is 7.18. The van der Waals surface area contributed by atoms with E-state index < -0.39 is 24.3 Å². The summed E-state index contributed by atoms with van der Waals surface area (Å²) >= 11 is 0. The van der Waals surface area contributed by atoms with E-state index in [1.807, 2.05) is 40.7 Å². The van der Waals surface area contributed by atoms with E-state index in [1.165, 1.54) is 7.11 Å². The summed E-state index contributed by atoms with van der Waals surface area (Å²) in [6.45, 7) is 9.76. The van der Waals surface area contributed by atoms with Gasteiger partial charge in [-0.2, -0.15) is 0 Å². The molecule has 0 bridgehead atoms. The second-order valence-corrected chi connectivity index (χ2v) is 6.46. The van der Waals surface area contributed by atoms with Gasteiger partial charge < -0.3 is 14.0 Å². The lowest BCUT2D eigenvalue weighted by atomic mass is 9.74. The number of terminal acetylenes is 1. The Labute approximate surface area is 132 Å². The number of methoxy groups -OCH3 is 1. The van der Waals surface area contributed by atoms with E-state index in [2.05, 4.69) is 5.92 Å². The molecule has 1 saturated heterocycles. The lowest BCUT2D eigenvalue weighted by molar-refractivity contribution is 0.00578. The maximum absolute atomic E-state index is 12.0. The van der Waals surface area contributed by atoms with Gasteiger partial charge in [-0.1, -0.05) is 5.92 Å². The van der Waals surface area contributed by atoms with Gasteiger partial charge in [-0.05, 0) is 57.8 Å². The van der Waals surface area contributed by atoms with Crippen molar-refractivity contribution in [3.8, 4) is 12.3 Å². The highest BCUT2D eigenvalue weighted by molar-refractivity contribution is 6.62. The summed E-state index contributed by atoms with van der Waals surface area (Å²) < 4.78 is 16.9. The first kappa shape index (κ1) is 16.6. The molecule has 1 aromatic rings. The number of esters is 1. The fourth-order valence-corrected chi connectivity index (χ4v) is 2.36. The van der Waals surface area contributed by atoms with Crippen LogP contribution in [-0.4, -0.2) is 31.4 Å². The Bertz CT molecular complexity index is 639. The second-order valence-electron chi connectivity index (χ2n) is 6.46. The normalized spacial score (nSPS) is 18.9. The molecule has 1 aromatic carbocycles. The zero-order valence-electron chi connectivity index (χ0n) is 13.9. The summed E-state index contributed by atoms with van der Waals surface area (Å²) in [7, 11) is 0.778. The van der Waals surface area contributed by atoms with E-state index in [-0.39, 0.29) is 0 Å². The molecule has 0 atom stereocenters. The van der Waals surface area contributed by atoms with E-state index >= 15 is 0 Å². The monoisotopic (exact) mass is 300 g/mol. The molecule has 0 saturated carbocycles. The van der Waals surface area contributed by atoms with E-state index in [1.54, 1.807) is 6.07 Å². The van der Waals surface area contributed by atoms with Crippen LogP contribution in [0.25, 0.3) is 0 Å². The molecular weight excluding hydrogens is 279 g/mol. The summed E-state index contributed by atoms with van der Waals surface area (Å²) in [5.41, 5.74) is 1.63. The predicted octanol–water partition coefficient (Wildman–Crippen LogP) is 2.06. The van der Waals surface area contributed by atoms with Crippen molar-refractivity contribution in [2.24, 2.45) is 0 Å². The molecule has 0 amide bonds. The fourth-order valence-electron chi connectivity index (χ4n) is 2.36. The van der Waals surface area contributed by atoms with Crippen molar-refractivity contribution in [2.75, 3.05) is 7.11 Å². The molecular formula is C17H21BO4. The van der Waals surface area contributed by atoms with Gasteiger partial charge in [0.25, 0.3) is 0 Å². The minimum atomic E-state index is -0.568. The summed E-state index contributed by atoms with van der Waals surface area (Å²) in [4.78, 5) is 12.0. The standard InChI is InChI=1S/C17H21BO4/c1-8-12-9-13(15(19)20-7)11(2)14(10-12)18-21-16(3,4)17(5,6)22-18/h1,9-10H,2-7H3. The molecule has 116 valence electrons. The van der Waals surface area contributed by atoms with Gasteiger partial charge in [-0.15, -0.1) is 6.42 Å². The highest BCUT2D eigenvalue weighted by Crippen LogP contribution is 2.36. The van der Waals surface area contributed by atoms with Gasteiger partial charge in [-0.25, -0.2) is 4.79 Å². The maximum Gasteiger partial charge on any atom is 0.495 e. The Morgan fingerprint density at radius 2 is 1.77 bits per heavy atom. The van der Waals surface area contributed by atoms with Crippen LogP contribution in [-0.2, 0) is 14.0 Å². The first-order valence-electron chi connectivity index (χ1n) is 7.18. The average molecular weight is 300 g/mol. The highest BCUT2D eigenvalue weighted by Gasteiger charge is 2.52. The second kappa shape index (κ2) is 5.46. The van der Waals surface area contributed by atoms with Gasteiger partial charge in [0.05, 0.1) is 23.9 Å². The number of hydrogen-bond donors (Lipinski definition) is 0. The van der Waals surface area contributed by atoms with Crippen LogP contribution >= 0.6 is 0 Å². The largest absolute Gasteiger partial charge is 0.495 e. The molecule has 0 aliphatic carbocycles. The van der Waals surface area contributed by atoms with Crippen LogP contribution in [0.4, 0.5) is 0 Å². The highest BCUT2D eigenvalue weighted by atomic mass is 16.7. The van der Waals surface area contributed by atoms with Crippen molar-refractivity contribution in [2.45, 2.75) is 45.8 Å². The lowest BCUT2D eigenvalue weighted by Gasteiger charge is -2.32. The van der Waals surface area contributed by atoms with E-state index in [9.17, 15) is 4.79 Å². The minimum Gasteiger partial charge on any atom is -0.465 e. The smallest absolute Gasteiger partial charge is 0.465 e. The molecule has 22 heavy (non-hydrogen) atoms. The Morgan fingerprint density at radius 1 is 1.23 bits per heavy atom. The van der Waals surface area contributed by atoms with Crippen LogP contribution in [0.3, 0.4) is 0 Å². The number of rotatable bonds is 2.